The van der Waals surface area contributed by atoms with Crippen molar-refractivity contribution in [1.82, 2.24) is 10.2 Å². The SMILES string of the molecule is Cc1cccc(CNC(=O)C2CC(c3ccccc3)CN(C(=O)C3CC3)C2)c1. The zero-order chi connectivity index (χ0) is 19.5. The maximum absolute atomic E-state index is 12.9. The van der Waals surface area contributed by atoms with E-state index in [1.165, 1.54) is 11.1 Å². The van der Waals surface area contributed by atoms with Gasteiger partial charge < -0.3 is 10.2 Å². The molecular formula is C24H28N2O2. The van der Waals surface area contributed by atoms with Gasteiger partial charge in [0.1, 0.15) is 0 Å². The number of carbonyl (C=O) groups excluding carboxylic acids is 2. The van der Waals surface area contributed by atoms with Crippen LogP contribution in [0, 0.1) is 18.8 Å². The van der Waals surface area contributed by atoms with Gasteiger partial charge in [0.2, 0.25) is 11.8 Å². The first-order valence-corrected chi connectivity index (χ1v) is 10.3. The molecule has 2 aromatic carbocycles. The van der Waals surface area contributed by atoms with Crippen molar-refractivity contribution in [2.24, 2.45) is 11.8 Å². The number of benzene rings is 2. The van der Waals surface area contributed by atoms with E-state index < -0.39 is 0 Å². The van der Waals surface area contributed by atoms with Crippen LogP contribution in [-0.4, -0.2) is 29.8 Å². The number of nitrogens with zero attached hydrogens (tertiary/aromatic N) is 1. The van der Waals surface area contributed by atoms with E-state index in [9.17, 15) is 9.59 Å². The van der Waals surface area contributed by atoms with E-state index in [2.05, 4.69) is 36.5 Å². The minimum Gasteiger partial charge on any atom is -0.352 e. The van der Waals surface area contributed by atoms with Crippen LogP contribution in [-0.2, 0) is 16.1 Å². The Bertz CT molecular complexity index is 845. The van der Waals surface area contributed by atoms with Crippen LogP contribution in [0.1, 0.15) is 41.9 Å². The molecule has 4 heteroatoms. The summed E-state index contributed by atoms with van der Waals surface area (Å²) in [4.78, 5) is 27.6. The highest BCUT2D eigenvalue weighted by Gasteiger charge is 2.39. The molecule has 4 nitrogen and oxygen atoms in total. The van der Waals surface area contributed by atoms with Crippen molar-refractivity contribution in [1.29, 1.82) is 0 Å². The molecule has 1 saturated carbocycles. The van der Waals surface area contributed by atoms with Crippen LogP contribution in [0.2, 0.25) is 0 Å². The summed E-state index contributed by atoms with van der Waals surface area (Å²) >= 11 is 0. The van der Waals surface area contributed by atoms with Crippen molar-refractivity contribution >= 4 is 11.8 Å². The first-order chi connectivity index (χ1) is 13.6. The third-order valence-corrected chi connectivity index (χ3v) is 5.88. The maximum Gasteiger partial charge on any atom is 0.225 e. The molecule has 2 atom stereocenters. The molecule has 0 bridgehead atoms. The Balaban J connectivity index is 1.46. The number of hydrogen-bond acceptors (Lipinski definition) is 2. The maximum atomic E-state index is 12.9. The number of nitrogens with one attached hydrogen (secondary N) is 1. The van der Waals surface area contributed by atoms with Gasteiger partial charge in [-0.05, 0) is 37.3 Å². The monoisotopic (exact) mass is 376 g/mol. The van der Waals surface area contributed by atoms with Crippen LogP contribution in [0.5, 0.6) is 0 Å². The molecule has 4 rings (SSSR count). The van der Waals surface area contributed by atoms with Crippen molar-refractivity contribution in [2.75, 3.05) is 13.1 Å². The second-order valence-corrected chi connectivity index (χ2v) is 8.26. The Morgan fingerprint density at radius 1 is 1.00 bits per heavy atom. The van der Waals surface area contributed by atoms with Gasteiger partial charge in [0, 0.05) is 31.5 Å². The van der Waals surface area contributed by atoms with Gasteiger partial charge in [0.15, 0.2) is 0 Å². The van der Waals surface area contributed by atoms with E-state index in [0.717, 1.165) is 31.4 Å². The number of carbonyl (C=O) groups is 2. The van der Waals surface area contributed by atoms with Crippen molar-refractivity contribution < 1.29 is 9.59 Å². The highest BCUT2D eigenvalue weighted by atomic mass is 16.2. The first kappa shape index (κ1) is 18.7. The lowest BCUT2D eigenvalue weighted by atomic mass is 9.84. The van der Waals surface area contributed by atoms with Crippen LogP contribution < -0.4 is 5.32 Å². The molecule has 0 radical (unpaired) electrons. The Labute approximate surface area is 166 Å². The molecular weight excluding hydrogens is 348 g/mol. The Morgan fingerprint density at radius 3 is 2.50 bits per heavy atom. The lowest BCUT2D eigenvalue weighted by Crippen LogP contribution is -2.48. The highest BCUT2D eigenvalue weighted by Crippen LogP contribution is 2.36. The van der Waals surface area contributed by atoms with E-state index in [0.29, 0.717) is 13.1 Å². The molecule has 2 aliphatic rings. The van der Waals surface area contributed by atoms with Gasteiger partial charge in [0.05, 0.1) is 5.92 Å². The van der Waals surface area contributed by atoms with E-state index >= 15 is 0 Å². The number of piperidine rings is 1. The van der Waals surface area contributed by atoms with Gasteiger partial charge in [0.25, 0.3) is 0 Å². The third-order valence-electron chi connectivity index (χ3n) is 5.88. The molecule has 2 fully saturated rings. The van der Waals surface area contributed by atoms with Crippen LogP contribution in [0.15, 0.2) is 54.6 Å². The van der Waals surface area contributed by atoms with Gasteiger partial charge in [-0.1, -0.05) is 60.2 Å². The lowest BCUT2D eigenvalue weighted by molar-refractivity contribution is -0.137. The molecule has 2 amide bonds. The Hall–Kier alpha value is -2.62. The zero-order valence-electron chi connectivity index (χ0n) is 16.4. The fraction of sp³-hybridized carbons (Fsp3) is 0.417. The minimum absolute atomic E-state index is 0.0516. The normalized spacial score (nSPS) is 22.0. The summed E-state index contributed by atoms with van der Waals surface area (Å²) in [6.45, 7) is 3.85. The number of hydrogen-bond donors (Lipinski definition) is 1. The zero-order valence-corrected chi connectivity index (χ0v) is 16.4. The minimum atomic E-state index is -0.161. The van der Waals surface area contributed by atoms with Gasteiger partial charge in [-0.3, -0.25) is 9.59 Å². The quantitative estimate of drug-likeness (QED) is 0.866. The van der Waals surface area contributed by atoms with E-state index in [1.807, 2.05) is 35.2 Å². The summed E-state index contributed by atoms with van der Waals surface area (Å²) in [7, 11) is 0. The Morgan fingerprint density at radius 2 is 1.79 bits per heavy atom. The van der Waals surface area contributed by atoms with Crippen molar-refractivity contribution in [3.63, 3.8) is 0 Å². The molecule has 1 aliphatic carbocycles. The van der Waals surface area contributed by atoms with Crippen LogP contribution in [0.25, 0.3) is 0 Å². The largest absolute Gasteiger partial charge is 0.352 e. The number of aryl methyl sites for hydroxylation is 1. The molecule has 1 heterocycles. The number of amides is 2. The summed E-state index contributed by atoms with van der Waals surface area (Å²) in [5.74, 6) is 0.525. The summed E-state index contributed by atoms with van der Waals surface area (Å²) in [6.07, 6.45) is 2.78. The summed E-state index contributed by atoms with van der Waals surface area (Å²) in [5, 5.41) is 3.10. The van der Waals surface area contributed by atoms with Crippen LogP contribution in [0.3, 0.4) is 0 Å². The standard InChI is InChI=1S/C24H28N2O2/c1-17-6-5-7-18(12-17)14-25-23(27)22-13-21(19-8-3-2-4-9-19)15-26(16-22)24(28)20-10-11-20/h2-9,12,20-22H,10-11,13-16H2,1H3,(H,25,27). The predicted molar refractivity (Wildman–Crippen MR) is 110 cm³/mol. The Kier molecular flexibility index (Phi) is 5.47. The molecule has 0 aromatic heterocycles. The summed E-state index contributed by atoms with van der Waals surface area (Å²) in [6, 6.07) is 18.5. The molecule has 2 aromatic rings. The van der Waals surface area contributed by atoms with Gasteiger partial charge >= 0.3 is 0 Å². The van der Waals surface area contributed by atoms with Crippen molar-refractivity contribution in [3.8, 4) is 0 Å². The first-order valence-electron chi connectivity index (χ1n) is 10.3. The number of rotatable bonds is 5. The van der Waals surface area contributed by atoms with Crippen molar-refractivity contribution in [3.05, 3.63) is 71.3 Å². The molecule has 1 N–H and O–H groups in total. The molecule has 1 saturated heterocycles. The van der Waals surface area contributed by atoms with E-state index in [1.54, 1.807) is 0 Å². The smallest absolute Gasteiger partial charge is 0.225 e. The third kappa shape index (κ3) is 4.44. The highest BCUT2D eigenvalue weighted by molar-refractivity contribution is 5.83. The van der Waals surface area contributed by atoms with E-state index in [4.69, 9.17) is 0 Å². The van der Waals surface area contributed by atoms with E-state index in [-0.39, 0.29) is 29.6 Å². The second-order valence-electron chi connectivity index (χ2n) is 8.26. The van der Waals surface area contributed by atoms with Crippen LogP contribution in [0.4, 0.5) is 0 Å². The second kappa shape index (κ2) is 8.17. The lowest BCUT2D eigenvalue weighted by Gasteiger charge is -2.37. The van der Waals surface area contributed by atoms with Crippen molar-refractivity contribution in [2.45, 2.75) is 38.6 Å². The fourth-order valence-corrected chi connectivity index (χ4v) is 4.18. The predicted octanol–water partition coefficient (Wildman–Crippen LogP) is 3.65. The summed E-state index contributed by atoms with van der Waals surface area (Å²) in [5.41, 5.74) is 3.51. The average molecular weight is 377 g/mol. The molecule has 146 valence electrons. The summed E-state index contributed by atoms with van der Waals surface area (Å²) < 4.78 is 0. The van der Waals surface area contributed by atoms with Crippen LogP contribution >= 0.6 is 0 Å². The number of likely N-dealkylation sites (tertiary alicyclic amines) is 1. The molecule has 0 spiro atoms. The fourth-order valence-electron chi connectivity index (χ4n) is 4.18. The van der Waals surface area contributed by atoms with Gasteiger partial charge in [-0.25, -0.2) is 0 Å². The van der Waals surface area contributed by atoms with Gasteiger partial charge in [-0.2, -0.15) is 0 Å². The molecule has 28 heavy (non-hydrogen) atoms. The molecule has 2 unspecified atom stereocenters. The molecule has 1 aliphatic heterocycles. The van der Waals surface area contributed by atoms with Gasteiger partial charge in [-0.15, -0.1) is 0 Å². The average Bonchev–Trinajstić information content (AvgIpc) is 3.57. The topological polar surface area (TPSA) is 49.4 Å².